The van der Waals surface area contributed by atoms with Crippen molar-refractivity contribution in [2.24, 2.45) is 14.1 Å². The molecule has 0 aliphatic rings. The maximum absolute atomic E-state index is 12.2. The number of aromatic nitrogens is 8. The Balaban J connectivity index is 0.000000171. The summed E-state index contributed by atoms with van der Waals surface area (Å²) in [6, 6.07) is 31.3. The lowest BCUT2D eigenvalue weighted by molar-refractivity contribution is 0.101. The third-order valence-electron chi connectivity index (χ3n) is 6.39. The number of nitrogens with zero attached hydrogens (tertiary/aromatic N) is 8. The summed E-state index contributed by atoms with van der Waals surface area (Å²) < 4.78 is 3.18. The summed E-state index contributed by atoms with van der Waals surface area (Å²) in [7, 11) is 3.55. The molecule has 2 heterocycles. The molecule has 0 unspecified atom stereocenters. The molecule has 214 valence electrons. The highest BCUT2D eigenvalue weighted by Gasteiger charge is 2.10. The van der Waals surface area contributed by atoms with Gasteiger partial charge < -0.3 is 10.6 Å². The number of rotatable bonds is 6. The SMILES string of the molecule is Cc1ccc(NC(=O)c2ccc(-c3nnnn3C)cc2)cc1.Cn1nnnc1-c1ccc(NC(=O)c2ccccc2)cc1. The number of carbonyl (C=O) groups excluding carboxylic acids is 2. The van der Waals surface area contributed by atoms with Crippen molar-refractivity contribution >= 4 is 23.2 Å². The molecule has 2 aromatic heterocycles. The number of aryl methyl sites for hydroxylation is 3. The van der Waals surface area contributed by atoms with Crippen LogP contribution in [0.3, 0.4) is 0 Å². The lowest BCUT2D eigenvalue weighted by Crippen LogP contribution is -2.11. The van der Waals surface area contributed by atoms with Crippen LogP contribution in [0.25, 0.3) is 22.8 Å². The third-order valence-corrected chi connectivity index (χ3v) is 6.39. The molecule has 0 saturated carbocycles. The number of nitrogens with one attached hydrogen (secondary N) is 2. The second kappa shape index (κ2) is 13.1. The summed E-state index contributed by atoms with van der Waals surface area (Å²) in [4.78, 5) is 24.2. The van der Waals surface area contributed by atoms with Crippen molar-refractivity contribution in [3.8, 4) is 22.8 Å². The van der Waals surface area contributed by atoms with Crippen LogP contribution >= 0.6 is 0 Å². The summed E-state index contributed by atoms with van der Waals surface area (Å²) in [5.41, 5.74) is 5.61. The van der Waals surface area contributed by atoms with Crippen molar-refractivity contribution in [3.63, 3.8) is 0 Å². The molecule has 0 aliphatic heterocycles. The number of hydrogen-bond acceptors (Lipinski definition) is 8. The van der Waals surface area contributed by atoms with Crippen molar-refractivity contribution in [3.05, 3.63) is 120 Å². The summed E-state index contributed by atoms with van der Waals surface area (Å²) in [5, 5.41) is 28.4. The fourth-order valence-corrected chi connectivity index (χ4v) is 4.05. The Labute approximate surface area is 247 Å². The van der Waals surface area contributed by atoms with E-state index in [9.17, 15) is 9.59 Å². The van der Waals surface area contributed by atoms with Crippen molar-refractivity contribution in [2.45, 2.75) is 6.92 Å². The molecule has 0 spiro atoms. The molecule has 0 saturated heterocycles. The molecule has 2 N–H and O–H groups in total. The Hall–Kier alpha value is -6.04. The summed E-state index contributed by atoms with van der Waals surface area (Å²) in [6.07, 6.45) is 0. The van der Waals surface area contributed by atoms with Gasteiger partial charge in [-0.15, -0.1) is 10.2 Å². The highest BCUT2D eigenvalue weighted by molar-refractivity contribution is 6.05. The monoisotopic (exact) mass is 572 g/mol. The first-order valence-electron chi connectivity index (χ1n) is 13.3. The minimum atomic E-state index is -0.147. The molecular formula is C31H28N10O2. The van der Waals surface area contributed by atoms with Crippen LogP contribution < -0.4 is 10.6 Å². The van der Waals surface area contributed by atoms with Gasteiger partial charge in [-0.2, -0.15) is 0 Å². The Kier molecular flexibility index (Phi) is 8.67. The van der Waals surface area contributed by atoms with Gasteiger partial charge in [0.15, 0.2) is 11.6 Å². The number of benzene rings is 4. The first kappa shape index (κ1) is 28.5. The van der Waals surface area contributed by atoms with E-state index < -0.39 is 0 Å². The summed E-state index contributed by atoms with van der Waals surface area (Å²) >= 11 is 0. The number of tetrazole rings is 2. The normalized spacial score (nSPS) is 10.4. The number of amides is 2. The summed E-state index contributed by atoms with van der Waals surface area (Å²) in [6.45, 7) is 2.01. The van der Waals surface area contributed by atoms with E-state index >= 15 is 0 Å². The summed E-state index contributed by atoms with van der Waals surface area (Å²) in [5.74, 6) is 1.05. The van der Waals surface area contributed by atoms with Crippen LogP contribution in [0.1, 0.15) is 26.3 Å². The van der Waals surface area contributed by atoms with Crippen molar-refractivity contribution in [1.29, 1.82) is 0 Å². The van der Waals surface area contributed by atoms with Crippen molar-refractivity contribution < 1.29 is 9.59 Å². The van der Waals surface area contributed by atoms with Gasteiger partial charge in [-0.05, 0) is 88.4 Å². The second-order valence-electron chi connectivity index (χ2n) is 9.55. The molecule has 0 atom stereocenters. The van der Waals surface area contributed by atoms with E-state index in [2.05, 4.69) is 41.7 Å². The van der Waals surface area contributed by atoms with Crippen LogP contribution in [0, 0.1) is 6.92 Å². The van der Waals surface area contributed by atoms with Crippen LogP contribution in [-0.4, -0.2) is 52.2 Å². The van der Waals surface area contributed by atoms with Gasteiger partial charge in [0.05, 0.1) is 0 Å². The average molecular weight is 573 g/mol. The van der Waals surface area contributed by atoms with Gasteiger partial charge >= 0.3 is 0 Å². The van der Waals surface area contributed by atoms with E-state index in [1.54, 1.807) is 47.7 Å². The van der Waals surface area contributed by atoms with E-state index in [1.807, 2.05) is 85.8 Å². The Morgan fingerprint density at radius 3 is 1.42 bits per heavy atom. The average Bonchev–Trinajstić information content (AvgIpc) is 3.67. The lowest BCUT2D eigenvalue weighted by Gasteiger charge is -2.06. The van der Waals surface area contributed by atoms with E-state index in [4.69, 9.17) is 0 Å². The molecule has 12 heteroatoms. The van der Waals surface area contributed by atoms with Gasteiger partial charge in [-0.25, -0.2) is 9.36 Å². The topological polar surface area (TPSA) is 145 Å². The van der Waals surface area contributed by atoms with E-state index in [0.717, 1.165) is 28.1 Å². The van der Waals surface area contributed by atoms with Crippen LogP contribution in [0.2, 0.25) is 0 Å². The van der Waals surface area contributed by atoms with Gasteiger partial charge in [0.1, 0.15) is 0 Å². The van der Waals surface area contributed by atoms with Gasteiger partial charge in [-0.3, -0.25) is 9.59 Å². The zero-order chi connectivity index (χ0) is 30.2. The highest BCUT2D eigenvalue weighted by Crippen LogP contribution is 2.19. The second-order valence-corrected chi connectivity index (χ2v) is 9.55. The van der Waals surface area contributed by atoms with Gasteiger partial charge in [0.25, 0.3) is 11.8 Å². The van der Waals surface area contributed by atoms with Crippen LogP contribution in [0.15, 0.2) is 103 Å². The molecule has 4 aromatic carbocycles. The molecule has 2 amide bonds. The molecular weight excluding hydrogens is 544 g/mol. The molecule has 12 nitrogen and oxygen atoms in total. The van der Waals surface area contributed by atoms with Crippen molar-refractivity contribution in [2.75, 3.05) is 10.6 Å². The minimum absolute atomic E-state index is 0.135. The van der Waals surface area contributed by atoms with Gasteiger partial charge in [-0.1, -0.05) is 48.0 Å². The first-order chi connectivity index (χ1) is 20.9. The maximum Gasteiger partial charge on any atom is 0.255 e. The lowest BCUT2D eigenvalue weighted by atomic mass is 10.1. The fraction of sp³-hybridized carbons (Fsp3) is 0.0968. The molecule has 0 radical (unpaired) electrons. The standard InChI is InChI=1S/C16H15N5O.C15H13N5O/c1-11-3-9-14(10-4-11)17-16(22)13-7-5-12(6-8-13)15-18-19-20-21(15)2;1-20-14(17-18-19-20)11-7-9-13(10-8-11)16-15(21)12-5-3-2-4-6-12/h3-10H,1-2H3,(H,17,22);2-10H,1H3,(H,16,21). The minimum Gasteiger partial charge on any atom is -0.322 e. The van der Waals surface area contributed by atoms with Crippen LogP contribution in [0.4, 0.5) is 11.4 Å². The quantitative estimate of drug-likeness (QED) is 0.295. The first-order valence-corrected chi connectivity index (χ1v) is 13.3. The third kappa shape index (κ3) is 7.19. The highest BCUT2D eigenvalue weighted by atomic mass is 16.2. The van der Waals surface area contributed by atoms with Crippen LogP contribution in [0.5, 0.6) is 0 Å². The largest absolute Gasteiger partial charge is 0.322 e. The maximum atomic E-state index is 12.2. The molecule has 0 fully saturated rings. The number of carbonyl (C=O) groups is 2. The van der Waals surface area contributed by atoms with Crippen molar-refractivity contribution in [1.82, 2.24) is 40.4 Å². The molecule has 0 bridgehead atoms. The zero-order valence-electron chi connectivity index (χ0n) is 23.7. The smallest absolute Gasteiger partial charge is 0.255 e. The fourth-order valence-electron chi connectivity index (χ4n) is 4.05. The molecule has 6 aromatic rings. The molecule has 6 rings (SSSR count). The Morgan fingerprint density at radius 2 is 0.977 bits per heavy atom. The Morgan fingerprint density at radius 1 is 0.558 bits per heavy atom. The Bertz CT molecular complexity index is 1810. The predicted octanol–water partition coefficient (Wildman–Crippen LogP) is 4.57. The zero-order valence-corrected chi connectivity index (χ0v) is 23.7. The van der Waals surface area contributed by atoms with E-state index in [1.165, 1.54) is 0 Å². The van der Waals surface area contributed by atoms with E-state index in [0.29, 0.717) is 22.8 Å². The number of anilines is 2. The molecule has 0 aliphatic carbocycles. The van der Waals surface area contributed by atoms with Gasteiger partial charge in [0, 0.05) is 47.7 Å². The molecule has 43 heavy (non-hydrogen) atoms. The number of hydrogen-bond donors (Lipinski definition) is 2. The predicted molar refractivity (Wildman–Crippen MR) is 162 cm³/mol. The van der Waals surface area contributed by atoms with Crippen LogP contribution in [-0.2, 0) is 14.1 Å². The van der Waals surface area contributed by atoms with E-state index in [-0.39, 0.29) is 11.8 Å². The van der Waals surface area contributed by atoms with Gasteiger partial charge in [0.2, 0.25) is 0 Å².